The average molecular weight is 708 g/mol. The van der Waals surface area contributed by atoms with Gasteiger partial charge in [-0.25, -0.2) is 0 Å². The second-order valence-corrected chi connectivity index (χ2v) is 17.1. The Labute approximate surface area is 308 Å². The van der Waals surface area contributed by atoms with E-state index in [0.29, 0.717) is 36.3 Å². The van der Waals surface area contributed by atoms with Gasteiger partial charge in [0.15, 0.2) is 0 Å². The second kappa shape index (κ2) is 21.9. The summed E-state index contributed by atoms with van der Waals surface area (Å²) in [5, 5.41) is 0. The molecule has 2 aromatic carbocycles. The van der Waals surface area contributed by atoms with Crippen LogP contribution >= 0.6 is 24.0 Å². The highest BCUT2D eigenvalue weighted by Crippen LogP contribution is 2.27. The van der Waals surface area contributed by atoms with E-state index in [1.807, 2.05) is 13.8 Å². The van der Waals surface area contributed by atoms with E-state index in [1.54, 1.807) is 0 Å². The SMILES string of the molecule is CC(Cc1ccccc1)CN1C[C@@H](C)O[C@@H](C)C1.CCC(C)(C)Cl.CCC(C)(C)c1ccc(CC(C)CN2C[C@@H](C)O[C@@H](C)C2)cc1.Cl. The summed E-state index contributed by atoms with van der Waals surface area (Å²) in [4.78, 5) is 5.13. The minimum atomic E-state index is 0. The molecule has 4 nitrogen and oxygen atoms in total. The van der Waals surface area contributed by atoms with Crippen LogP contribution in [0, 0.1) is 11.8 Å². The first kappa shape index (κ1) is 44.9. The molecule has 0 saturated carbocycles. The molecule has 0 bridgehead atoms. The minimum absolute atomic E-state index is 0. The number of ether oxygens (including phenoxy) is 2. The summed E-state index contributed by atoms with van der Waals surface area (Å²) in [5.41, 5.74) is 4.64. The van der Waals surface area contributed by atoms with Crippen LogP contribution in [-0.2, 0) is 27.7 Å². The predicted molar refractivity (Wildman–Crippen MR) is 212 cm³/mol. The van der Waals surface area contributed by atoms with Crippen molar-refractivity contribution in [2.75, 3.05) is 39.3 Å². The fourth-order valence-corrected chi connectivity index (χ4v) is 6.59. The fourth-order valence-electron chi connectivity index (χ4n) is 6.59. The maximum atomic E-state index is 5.83. The molecule has 0 aliphatic carbocycles. The number of alkyl halides is 1. The molecule has 2 aromatic rings. The zero-order chi connectivity index (χ0) is 35.2. The maximum absolute atomic E-state index is 5.83. The highest BCUT2D eigenvalue weighted by molar-refractivity contribution is 6.23. The Balaban J connectivity index is 0.000000411. The monoisotopic (exact) mass is 706 g/mol. The molecule has 2 unspecified atom stereocenters. The van der Waals surface area contributed by atoms with Gasteiger partial charge in [-0.15, -0.1) is 24.0 Å². The van der Waals surface area contributed by atoms with E-state index < -0.39 is 0 Å². The Bertz CT molecular complexity index is 1080. The van der Waals surface area contributed by atoms with Gasteiger partial charge in [0.1, 0.15) is 0 Å². The molecule has 2 aliphatic rings. The molecular weight excluding hydrogens is 635 g/mol. The molecule has 0 radical (unpaired) electrons. The van der Waals surface area contributed by atoms with Crippen molar-refractivity contribution in [3.63, 3.8) is 0 Å². The van der Waals surface area contributed by atoms with E-state index in [4.69, 9.17) is 21.1 Å². The van der Waals surface area contributed by atoms with Crippen LogP contribution in [0.1, 0.15) is 113 Å². The van der Waals surface area contributed by atoms with Crippen molar-refractivity contribution in [3.8, 4) is 0 Å². The molecule has 0 spiro atoms. The minimum Gasteiger partial charge on any atom is -0.373 e. The van der Waals surface area contributed by atoms with Gasteiger partial charge >= 0.3 is 0 Å². The van der Waals surface area contributed by atoms with Gasteiger partial charge in [-0.1, -0.05) is 96.1 Å². The lowest BCUT2D eigenvalue weighted by molar-refractivity contribution is -0.0711. The first-order valence-corrected chi connectivity index (χ1v) is 18.9. The van der Waals surface area contributed by atoms with Crippen molar-refractivity contribution in [1.82, 2.24) is 9.80 Å². The largest absolute Gasteiger partial charge is 0.373 e. The number of benzene rings is 2. The van der Waals surface area contributed by atoms with Gasteiger partial charge in [0, 0.05) is 44.1 Å². The van der Waals surface area contributed by atoms with Crippen LogP contribution in [0.4, 0.5) is 0 Å². The highest BCUT2D eigenvalue weighted by atomic mass is 35.5. The van der Waals surface area contributed by atoms with Crippen molar-refractivity contribution in [1.29, 1.82) is 0 Å². The van der Waals surface area contributed by atoms with E-state index in [0.717, 1.165) is 39.0 Å². The van der Waals surface area contributed by atoms with Crippen molar-refractivity contribution in [2.24, 2.45) is 11.8 Å². The summed E-state index contributed by atoms with van der Waals surface area (Å²) in [7, 11) is 0. The third-order valence-electron chi connectivity index (χ3n) is 9.60. The van der Waals surface area contributed by atoms with Gasteiger partial charge in [0.05, 0.1) is 24.4 Å². The van der Waals surface area contributed by atoms with Gasteiger partial charge in [0.2, 0.25) is 0 Å². The lowest BCUT2D eigenvalue weighted by Crippen LogP contribution is -2.47. The molecule has 6 heteroatoms. The summed E-state index contributed by atoms with van der Waals surface area (Å²) in [6.45, 7) is 33.1. The van der Waals surface area contributed by atoms with Crippen LogP contribution in [0.2, 0.25) is 0 Å². The molecule has 2 heterocycles. The number of rotatable bonds is 11. The van der Waals surface area contributed by atoms with Crippen LogP contribution in [0.15, 0.2) is 54.6 Å². The predicted octanol–water partition coefficient (Wildman–Crippen LogP) is 10.5. The summed E-state index contributed by atoms with van der Waals surface area (Å²) < 4.78 is 11.6. The molecule has 48 heavy (non-hydrogen) atoms. The van der Waals surface area contributed by atoms with Gasteiger partial charge < -0.3 is 9.47 Å². The van der Waals surface area contributed by atoms with Crippen LogP contribution < -0.4 is 0 Å². The van der Waals surface area contributed by atoms with Crippen molar-refractivity contribution in [2.45, 2.75) is 143 Å². The van der Waals surface area contributed by atoms with Gasteiger partial charge in [-0.3, -0.25) is 9.80 Å². The van der Waals surface area contributed by atoms with E-state index in [9.17, 15) is 0 Å². The molecule has 2 saturated heterocycles. The van der Waals surface area contributed by atoms with Crippen molar-refractivity contribution >= 4 is 24.0 Å². The molecule has 2 fully saturated rings. The summed E-state index contributed by atoms with van der Waals surface area (Å²) in [5.74, 6) is 1.38. The Kier molecular flexibility index (Phi) is 20.5. The molecular formula is C42H72Cl2N2O2. The summed E-state index contributed by atoms with van der Waals surface area (Å²) >= 11 is 5.72. The number of halogens is 2. The molecule has 2 aliphatic heterocycles. The molecule has 276 valence electrons. The Morgan fingerprint density at radius 3 is 1.33 bits per heavy atom. The van der Waals surface area contributed by atoms with Crippen molar-refractivity contribution < 1.29 is 9.47 Å². The molecule has 6 atom stereocenters. The quantitative estimate of drug-likeness (QED) is 0.217. The normalized spacial score (nSPS) is 23.4. The topological polar surface area (TPSA) is 24.9 Å². The number of hydrogen-bond donors (Lipinski definition) is 0. The van der Waals surface area contributed by atoms with Gasteiger partial charge in [0.25, 0.3) is 0 Å². The fraction of sp³-hybridized carbons (Fsp3) is 0.714. The first-order chi connectivity index (χ1) is 22.0. The first-order valence-electron chi connectivity index (χ1n) is 18.6. The standard InChI is InChI=1S/C21H35NO.C16H25NO.C5H11Cl.ClH/c1-7-21(5,6)20-10-8-19(9-11-20)12-16(2)13-22-14-17(3)23-18(4)15-22;1-13(9-16-7-5-4-6-8-16)10-17-11-14(2)18-15(3)12-17;1-4-5(2,3)6;/h8-11,16-18H,7,12-15H2,1-6H3;4-8,13-15H,9-12H2,1-3H3;4H2,1-3H3;1H/t16?,17-,18+;13?,14-,15+;;. The number of hydrogen-bond acceptors (Lipinski definition) is 4. The summed E-state index contributed by atoms with van der Waals surface area (Å²) in [6.07, 6.45) is 6.01. The van der Waals surface area contributed by atoms with Crippen molar-refractivity contribution in [3.05, 3.63) is 71.3 Å². The van der Waals surface area contributed by atoms with Crippen LogP contribution in [0.25, 0.3) is 0 Å². The second-order valence-electron chi connectivity index (χ2n) is 16.1. The lowest BCUT2D eigenvalue weighted by atomic mass is 9.82. The Morgan fingerprint density at radius 2 is 1.00 bits per heavy atom. The number of nitrogens with zero attached hydrogens (tertiary/aromatic N) is 2. The maximum Gasteiger partial charge on any atom is 0.0678 e. The third-order valence-corrected chi connectivity index (χ3v) is 9.87. The smallest absolute Gasteiger partial charge is 0.0678 e. The van der Waals surface area contributed by atoms with Gasteiger partial charge in [-0.05, 0) is 101 Å². The molecule has 0 N–H and O–H groups in total. The third kappa shape index (κ3) is 18.2. The van der Waals surface area contributed by atoms with Gasteiger partial charge in [-0.2, -0.15) is 0 Å². The lowest BCUT2D eigenvalue weighted by Gasteiger charge is -2.36. The molecule has 0 aromatic heterocycles. The van der Waals surface area contributed by atoms with E-state index in [1.165, 1.54) is 42.6 Å². The van der Waals surface area contributed by atoms with Crippen LogP contribution in [0.5, 0.6) is 0 Å². The van der Waals surface area contributed by atoms with E-state index in [-0.39, 0.29) is 22.7 Å². The van der Waals surface area contributed by atoms with Crippen LogP contribution in [0.3, 0.4) is 0 Å². The zero-order valence-corrected chi connectivity index (χ0v) is 34.3. The number of morpholine rings is 2. The Hall–Kier alpha value is -1.14. The molecule has 4 rings (SSSR count). The van der Waals surface area contributed by atoms with Crippen LogP contribution in [-0.4, -0.2) is 78.4 Å². The molecule has 0 amide bonds. The average Bonchev–Trinajstić information content (AvgIpc) is 2.97. The highest BCUT2D eigenvalue weighted by Gasteiger charge is 2.24. The van der Waals surface area contributed by atoms with E-state index in [2.05, 4.69) is 134 Å². The zero-order valence-electron chi connectivity index (χ0n) is 32.7. The Morgan fingerprint density at radius 1 is 0.646 bits per heavy atom. The summed E-state index contributed by atoms with van der Waals surface area (Å²) in [6, 6.07) is 20.1. The van der Waals surface area contributed by atoms with E-state index >= 15 is 0 Å².